The third-order valence-electron chi connectivity index (χ3n) is 2.64. The van der Waals surface area contributed by atoms with E-state index in [4.69, 9.17) is 11.6 Å². The Hall–Kier alpha value is -0.610. The van der Waals surface area contributed by atoms with E-state index in [1.54, 1.807) is 11.0 Å². The molecular formula is C11H12BrClN2O. The van der Waals surface area contributed by atoms with Gasteiger partial charge in [-0.25, -0.2) is 4.98 Å². The summed E-state index contributed by atoms with van der Waals surface area (Å²) < 4.78 is 0. The molecule has 1 aromatic heterocycles. The zero-order chi connectivity index (χ0) is 11.7. The summed E-state index contributed by atoms with van der Waals surface area (Å²) in [6, 6.07) is 3.63. The number of halogens is 2. The number of hydrogen-bond donors (Lipinski definition) is 0. The van der Waals surface area contributed by atoms with Crippen molar-refractivity contribution in [2.75, 3.05) is 16.8 Å². The molecule has 1 saturated heterocycles. The van der Waals surface area contributed by atoms with Crippen molar-refractivity contribution in [1.29, 1.82) is 0 Å². The molecule has 2 heterocycles. The number of anilines is 1. The van der Waals surface area contributed by atoms with Gasteiger partial charge in [-0.3, -0.25) is 4.79 Å². The maximum Gasteiger partial charge on any atom is 0.227 e. The van der Waals surface area contributed by atoms with E-state index in [9.17, 15) is 4.79 Å². The van der Waals surface area contributed by atoms with Crippen molar-refractivity contribution in [2.24, 2.45) is 5.92 Å². The molecule has 1 unspecified atom stereocenters. The van der Waals surface area contributed by atoms with Gasteiger partial charge in [0.05, 0.1) is 0 Å². The molecule has 0 aliphatic carbocycles. The van der Waals surface area contributed by atoms with E-state index in [0.29, 0.717) is 17.5 Å². The fourth-order valence-electron chi connectivity index (χ4n) is 1.90. The fraction of sp³-hybridized carbons (Fsp3) is 0.455. The van der Waals surface area contributed by atoms with Crippen LogP contribution in [0.4, 0.5) is 5.69 Å². The van der Waals surface area contributed by atoms with Gasteiger partial charge in [-0.2, -0.15) is 0 Å². The average Bonchev–Trinajstić information content (AvgIpc) is 2.58. The highest BCUT2D eigenvalue weighted by Crippen LogP contribution is 2.27. The molecule has 16 heavy (non-hydrogen) atoms. The van der Waals surface area contributed by atoms with Gasteiger partial charge in [0.25, 0.3) is 0 Å². The zero-order valence-electron chi connectivity index (χ0n) is 8.91. The van der Waals surface area contributed by atoms with E-state index >= 15 is 0 Å². The molecule has 1 aliphatic heterocycles. The lowest BCUT2D eigenvalue weighted by Crippen LogP contribution is -2.24. The summed E-state index contributed by atoms with van der Waals surface area (Å²) >= 11 is 9.30. The second kappa shape index (κ2) is 4.72. The summed E-state index contributed by atoms with van der Waals surface area (Å²) in [7, 11) is 0. The van der Waals surface area contributed by atoms with Crippen molar-refractivity contribution in [2.45, 2.75) is 13.3 Å². The van der Waals surface area contributed by atoms with Crippen LogP contribution in [-0.2, 0) is 4.79 Å². The molecule has 1 aliphatic rings. The Bertz CT molecular complexity index is 404. The number of amides is 1. The van der Waals surface area contributed by atoms with Crippen LogP contribution >= 0.6 is 27.5 Å². The number of carbonyl (C=O) groups excluding carboxylic acids is 1. The fourth-order valence-corrected chi connectivity index (χ4v) is 2.58. The highest BCUT2D eigenvalue weighted by molar-refractivity contribution is 9.09. The van der Waals surface area contributed by atoms with Crippen LogP contribution in [-0.4, -0.2) is 22.8 Å². The van der Waals surface area contributed by atoms with Crippen LogP contribution in [0.25, 0.3) is 0 Å². The number of aryl methyl sites for hydroxylation is 1. The summed E-state index contributed by atoms with van der Waals surface area (Å²) in [5.41, 5.74) is 1.68. The Kier molecular flexibility index (Phi) is 3.50. The molecule has 0 spiro atoms. The first-order valence-corrected chi connectivity index (χ1v) is 6.60. The van der Waals surface area contributed by atoms with Gasteiger partial charge in [0, 0.05) is 29.7 Å². The number of hydrogen-bond acceptors (Lipinski definition) is 2. The monoisotopic (exact) mass is 302 g/mol. The summed E-state index contributed by atoms with van der Waals surface area (Å²) in [5.74, 6) is 0.547. The van der Waals surface area contributed by atoms with E-state index in [2.05, 4.69) is 20.9 Å². The number of aromatic nitrogens is 1. The lowest BCUT2D eigenvalue weighted by Gasteiger charge is -2.17. The lowest BCUT2D eigenvalue weighted by atomic mass is 10.2. The van der Waals surface area contributed by atoms with Crippen LogP contribution in [0.15, 0.2) is 12.1 Å². The maximum atomic E-state index is 11.8. The van der Waals surface area contributed by atoms with Crippen molar-refractivity contribution in [3.05, 3.63) is 23.0 Å². The summed E-state index contributed by atoms with van der Waals surface area (Å²) in [4.78, 5) is 17.7. The highest BCUT2D eigenvalue weighted by Gasteiger charge is 2.30. The van der Waals surface area contributed by atoms with Gasteiger partial charge in [0.2, 0.25) is 5.91 Å². The predicted molar refractivity (Wildman–Crippen MR) is 68.2 cm³/mol. The lowest BCUT2D eigenvalue weighted by molar-refractivity contribution is -0.117. The zero-order valence-corrected chi connectivity index (χ0v) is 11.3. The second-order valence-electron chi connectivity index (χ2n) is 4.02. The first kappa shape index (κ1) is 11.9. The minimum Gasteiger partial charge on any atom is -0.312 e. The van der Waals surface area contributed by atoms with E-state index in [0.717, 1.165) is 23.3 Å². The summed E-state index contributed by atoms with van der Waals surface area (Å²) in [6.07, 6.45) is 0.601. The van der Waals surface area contributed by atoms with Crippen LogP contribution in [0.5, 0.6) is 0 Å². The largest absolute Gasteiger partial charge is 0.312 e. The quantitative estimate of drug-likeness (QED) is 0.622. The van der Waals surface area contributed by atoms with Gasteiger partial charge in [-0.15, -0.1) is 0 Å². The molecule has 5 heteroatoms. The van der Waals surface area contributed by atoms with Crippen LogP contribution in [0.1, 0.15) is 12.1 Å². The van der Waals surface area contributed by atoms with Gasteiger partial charge in [-0.05, 0) is 25.0 Å². The van der Waals surface area contributed by atoms with Crippen molar-refractivity contribution in [1.82, 2.24) is 4.98 Å². The van der Waals surface area contributed by atoms with E-state index in [1.807, 2.05) is 13.0 Å². The molecule has 1 aromatic rings. The smallest absolute Gasteiger partial charge is 0.227 e. The third-order valence-corrected chi connectivity index (χ3v) is 3.75. The van der Waals surface area contributed by atoms with Crippen molar-refractivity contribution in [3.63, 3.8) is 0 Å². The molecule has 1 atom stereocenters. The normalized spacial score (nSPS) is 20.6. The molecule has 0 radical (unpaired) electrons. The number of nitrogens with zero attached hydrogens (tertiary/aromatic N) is 2. The standard InChI is InChI=1S/C11H12BrClN2O/c1-7-2-9(4-10(13)14-7)15-6-8(5-12)3-11(15)16/h2,4,8H,3,5-6H2,1H3. The second-order valence-corrected chi connectivity index (χ2v) is 5.05. The van der Waals surface area contributed by atoms with Crippen LogP contribution in [0, 0.1) is 12.8 Å². The van der Waals surface area contributed by atoms with Gasteiger partial charge >= 0.3 is 0 Å². The van der Waals surface area contributed by atoms with Crippen molar-refractivity contribution < 1.29 is 4.79 Å². The maximum absolute atomic E-state index is 11.8. The van der Waals surface area contributed by atoms with Crippen LogP contribution in [0.3, 0.4) is 0 Å². The predicted octanol–water partition coefficient (Wildman–Crippen LogP) is 2.79. The first-order chi connectivity index (χ1) is 7.60. The Morgan fingerprint density at radius 3 is 2.94 bits per heavy atom. The van der Waals surface area contributed by atoms with Gasteiger partial charge in [0.15, 0.2) is 0 Å². The Morgan fingerprint density at radius 1 is 1.62 bits per heavy atom. The van der Waals surface area contributed by atoms with E-state index < -0.39 is 0 Å². The molecule has 0 bridgehead atoms. The molecule has 1 fully saturated rings. The molecule has 1 amide bonds. The minimum absolute atomic E-state index is 0.158. The van der Waals surface area contributed by atoms with Crippen molar-refractivity contribution >= 4 is 39.1 Å². The molecule has 0 aromatic carbocycles. The average molecular weight is 304 g/mol. The molecule has 0 saturated carbocycles. The van der Waals surface area contributed by atoms with Gasteiger partial charge in [-0.1, -0.05) is 27.5 Å². The van der Waals surface area contributed by atoms with Crippen LogP contribution in [0.2, 0.25) is 5.15 Å². The van der Waals surface area contributed by atoms with E-state index in [1.165, 1.54) is 0 Å². The van der Waals surface area contributed by atoms with Gasteiger partial charge in [0.1, 0.15) is 5.15 Å². The highest BCUT2D eigenvalue weighted by atomic mass is 79.9. The van der Waals surface area contributed by atoms with Crippen LogP contribution < -0.4 is 4.90 Å². The summed E-state index contributed by atoms with van der Waals surface area (Å²) in [5, 5.41) is 1.29. The Labute approximate surface area is 108 Å². The van der Waals surface area contributed by atoms with Crippen molar-refractivity contribution in [3.8, 4) is 0 Å². The molecule has 0 N–H and O–H groups in total. The Morgan fingerprint density at radius 2 is 2.38 bits per heavy atom. The minimum atomic E-state index is 0.158. The number of rotatable bonds is 2. The first-order valence-electron chi connectivity index (χ1n) is 5.10. The summed E-state index contributed by atoms with van der Waals surface area (Å²) in [6.45, 7) is 2.63. The SMILES string of the molecule is Cc1cc(N2CC(CBr)CC2=O)cc(Cl)n1. The van der Waals surface area contributed by atoms with E-state index in [-0.39, 0.29) is 5.91 Å². The molecule has 2 rings (SSSR count). The number of alkyl halides is 1. The third kappa shape index (κ3) is 2.38. The number of pyridine rings is 1. The van der Waals surface area contributed by atoms with Gasteiger partial charge < -0.3 is 4.90 Å². The topological polar surface area (TPSA) is 33.2 Å². The number of carbonyl (C=O) groups is 1. The molecular weight excluding hydrogens is 291 g/mol. The Balaban J connectivity index is 2.27. The molecule has 86 valence electrons. The molecule has 3 nitrogen and oxygen atoms in total.